The molecule has 3 nitrogen and oxygen atoms in total. The van der Waals surface area contributed by atoms with Gasteiger partial charge in [0, 0.05) is 16.6 Å². The highest BCUT2D eigenvalue weighted by Gasteiger charge is 2.14. The minimum atomic E-state index is 0.0242. The van der Waals surface area contributed by atoms with Crippen LogP contribution in [0.3, 0.4) is 0 Å². The van der Waals surface area contributed by atoms with Gasteiger partial charge in [-0.05, 0) is 62.5 Å². The van der Waals surface area contributed by atoms with Gasteiger partial charge in [0.15, 0.2) is 0 Å². The highest BCUT2D eigenvalue weighted by molar-refractivity contribution is 9.10. The minimum Gasteiger partial charge on any atom is -0.352 e. The van der Waals surface area contributed by atoms with Crippen molar-refractivity contribution in [3.05, 3.63) is 33.8 Å². The molecule has 0 saturated carbocycles. The Morgan fingerprint density at radius 1 is 1.56 bits per heavy atom. The first-order valence-corrected chi connectivity index (χ1v) is 7.21. The predicted octanol–water partition coefficient (Wildman–Crippen LogP) is 2.49. The van der Waals surface area contributed by atoms with Gasteiger partial charge in [-0.2, -0.15) is 0 Å². The molecule has 0 bridgehead atoms. The van der Waals surface area contributed by atoms with E-state index in [2.05, 4.69) is 26.6 Å². The van der Waals surface area contributed by atoms with Crippen molar-refractivity contribution in [2.75, 3.05) is 19.6 Å². The van der Waals surface area contributed by atoms with Crippen LogP contribution in [0, 0.1) is 12.8 Å². The molecule has 2 rings (SSSR count). The molecule has 0 aromatic heterocycles. The van der Waals surface area contributed by atoms with Gasteiger partial charge in [0.05, 0.1) is 0 Å². The van der Waals surface area contributed by atoms with E-state index in [0.717, 1.165) is 35.2 Å². The fraction of sp³-hybridized carbons (Fsp3) is 0.500. The van der Waals surface area contributed by atoms with E-state index in [4.69, 9.17) is 0 Å². The van der Waals surface area contributed by atoms with Gasteiger partial charge in [-0.1, -0.05) is 15.9 Å². The van der Waals surface area contributed by atoms with Gasteiger partial charge in [-0.15, -0.1) is 0 Å². The van der Waals surface area contributed by atoms with E-state index in [1.807, 2.05) is 25.1 Å². The molecule has 2 N–H and O–H groups in total. The molecule has 1 fully saturated rings. The Bertz CT molecular complexity index is 428. The van der Waals surface area contributed by atoms with Crippen LogP contribution in [-0.2, 0) is 0 Å². The van der Waals surface area contributed by atoms with E-state index in [0.29, 0.717) is 5.92 Å². The molecule has 1 atom stereocenters. The number of hydrogen-bond acceptors (Lipinski definition) is 2. The molecule has 98 valence electrons. The van der Waals surface area contributed by atoms with E-state index >= 15 is 0 Å². The minimum absolute atomic E-state index is 0.0242. The topological polar surface area (TPSA) is 41.1 Å². The first kappa shape index (κ1) is 13.6. The number of carbonyl (C=O) groups excluding carboxylic acids is 1. The van der Waals surface area contributed by atoms with E-state index in [1.165, 1.54) is 12.8 Å². The van der Waals surface area contributed by atoms with Crippen molar-refractivity contribution in [3.8, 4) is 0 Å². The number of carbonyl (C=O) groups is 1. The Morgan fingerprint density at radius 2 is 2.39 bits per heavy atom. The summed E-state index contributed by atoms with van der Waals surface area (Å²) in [5.41, 5.74) is 1.82. The van der Waals surface area contributed by atoms with Crippen LogP contribution >= 0.6 is 15.9 Å². The Hall–Kier alpha value is -0.870. The standard InChI is InChI=1S/C14H19BrN2O/c1-10-7-12(4-5-13(10)15)14(18)17-9-11-3-2-6-16-8-11/h4-5,7,11,16H,2-3,6,8-9H2,1H3,(H,17,18). The molecule has 1 aliphatic rings. The molecule has 1 aliphatic heterocycles. The Kier molecular flexibility index (Phi) is 4.78. The van der Waals surface area contributed by atoms with Crippen molar-refractivity contribution in [2.45, 2.75) is 19.8 Å². The normalized spacial score (nSPS) is 19.6. The van der Waals surface area contributed by atoms with Crippen molar-refractivity contribution < 1.29 is 4.79 Å². The Balaban J connectivity index is 1.88. The number of amides is 1. The molecule has 1 amide bonds. The van der Waals surface area contributed by atoms with Crippen LogP contribution in [0.4, 0.5) is 0 Å². The van der Waals surface area contributed by atoms with Gasteiger partial charge in [0.25, 0.3) is 5.91 Å². The van der Waals surface area contributed by atoms with E-state index in [-0.39, 0.29) is 5.91 Å². The largest absolute Gasteiger partial charge is 0.352 e. The number of hydrogen-bond donors (Lipinski definition) is 2. The molecule has 1 heterocycles. The zero-order valence-electron chi connectivity index (χ0n) is 10.6. The summed E-state index contributed by atoms with van der Waals surface area (Å²) in [5.74, 6) is 0.593. The van der Waals surface area contributed by atoms with Gasteiger partial charge in [0.2, 0.25) is 0 Å². The predicted molar refractivity (Wildman–Crippen MR) is 76.8 cm³/mol. The second-order valence-corrected chi connectivity index (χ2v) is 5.74. The molecular formula is C14H19BrN2O. The molecule has 1 saturated heterocycles. The number of benzene rings is 1. The SMILES string of the molecule is Cc1cc(C(=O)NCC2CCCNC2)ccc1Br. The van der Waals surface area contributed by atoms with Crippen molar-refractivity contribution in [2.24, 2.45) is 5.92 Å². The second-order valence-electron chi connectivity index (χ2n) is 4.89. The molecule has 1 aromatic rings. The smallest absolute Gasteiger partial charge is 0.251 e. The van der Waals surface area contributed by atoms with E-state index in [9.17, 15) is 4.79 Å². The zero-order valence-corrected chi connectivity index (χ0v) is 12.2. The van der Waals surface area contributed by atoms with Gasteiger partial charge < -0.3 is 10.6 Å². The number of aryl methyl sites for hydroxylation is 1. The molecule has 0 spiro atoms. The number of rotatable bonds is 3. The monoisotopic (exact) mass is 310 g/mol. The van der Waals surface area contributed by atoms with Crippen LogP contribution in [0.25, 0.3) is 0 Å². The number of nitrogens with one attached hydrogen (secondary N) is 2. The fourth-order valence-electron chi connectivity index (χ4n) is 2.22. The summed E-state index contributed by atoms with van der Waals surface area (Å²) in [6, 6.07) is 5.69. The highest BCUT2D eigenvalue weighted by Crippen LogP contribution is 2.17. The average molecular weight is 311 g/mol. The molecule has 1 aromatic carbocycles. The molecule has 0 radical (unpaired) electrons. The second kappa shape index (κ2) is 6.34. The molecule has 1 unspecified atom stereocenters. The first-order valence-electron chi connectivity index (χ1n) is 6.42. The third-order valence-corrected chi connectivity index (χ3v) is 4.26. The van der Waals surface area contributed by atoms with Crippen LogP contribution in [0.15, 0.2) is 22.7 Å². The third-order valence-electron chi connectivity index (χ3n) is 3.37. The van der Waals surface area contributed by atoms with Gasteiger partial charge in [-0.3, -0.25) is 4.79 Å². The lowest BCUT2D eigenvalue weighted by atomic mass is 9.99. The summed E-state index contributed by atoms with van der Waals surface area (Å²) < 4.78 is 1.04. The molecule has 4 heteroatoms. The molecule has 18 heavy (non-hydrogen) atoms. The van der Waals surface area contributed by atoms with E-state index in [1.54, 1.807) is 0 Å². The summed E-state index contributed by atoms with van der Waals surface area (Å²) in [4.78, 5) is 12.0. The van der Waals surface area contributed by atoms with E-state index < -0.39 is 0 Å². The van der Waals surface area contributed by atoms with Crippen molar-refractivity contribution in [1.29, 1.82) is 0 Å². The lowest BCUT2D eigenvalue weighted by molar-refractivity contribution is 0.0944. The maximum absolute atomic E-state index is 12.0. The van der Waals surface area contributed by atoms with Crippen LogP contribution in [0.2, 0.25) is 0 Å². The average Bonchev–Trinajstić information content (AvgIpc) is 2.40. The van der Waals surface area contributed by atoms with Crippen molar-refractivity contribution >= 4 is 21.8 Å². The summed E-state index contributed by atoms with van der Waals surface area (Å²) in [6.07, 6.45) is 2.41. The van der Waals surface area contributed by atoms with Crippen LogP contribution < -0.4 is 10.6 Å². The lowest BCUT2D eigenvalue weighted by Gasteiger charge is -2.22. The molecule has 0 aliphatic carbocycles. The zero-order chi connectivity index (χ0) is 13.0. The van der Waals surface area contributed by atoms with Gasteiger partial charge >= 0.3 is 0 Å². The molecular weight excluding hydrogens is 292 g/mol. The number of piperidine rings is 1. The summed E-state index contributed by atoms with van der Waals surface area (Å²) >= 11 is 3.44. The number of halogens is 1. The Labute approximate surface area is 116 Å². The summed E-state index contributed by atoms with van der Waals surface area (Å²) in [6.45, 7) is 4.88. The highest BCUT2D eigenvalue weighted by atomic mass is 79.9. The Morgan fingerprint density at radius 3 is 3.06 bits per heavy atom. The van der Waals surface area contributed by atoms with Gasteiger partial charge in [-0.25, -0.2) is 0 Å². The van der Waals surface area contributed by atoms with Crippen molar-refractivity contribution in [1.82, 2.24) is 10.6 Å². The fourth-order valence-corrected chi connectivity index (χ4v) is 2.47. The van der Waals surface area contributed by atoms with Crippen LogP contribution in [-0.4, -0.2) is 25.5 Å². The van der Waals surface area contributed by atoms with Crippen LogP contribution in [0.5, 0.6) is 0 Å². The summed E-state index contributed by atoms with van der Waals surface area (Å²) in [5, 5.41) is 6.38. The van der Waals surface area contributed by atoms with Gasteiger partial charge in [0.1, 0.15) is 0 Å². The van der Waals surface area contributed by atoms with Crippen LogP contribution in [0.1, 0.15) is 28.8 Å². The maximum Gasteiger partial charge on any atom is 0.251 e. The third kappa shape index (κ3) is 3.56. The first-order chi connectivity index (χ1) is 8.66. The summed E-state index contributed by atoms with van der Waals surface area (Å²) in [7, 11) is 0. The maximum atomic E-state index is 12.0. The quantitative estimate of drug-likeness (QED) is 0.900. The lowest BCUT2D eigenvalue weighted by Crippen LogP contribution is -2.38. The van der Waals surface area contributed by atoms with Crippen molar-refractivity contribution in [3.63, 3.8) is 0 Å².